The Hall–Kier alpha value is -1.10. The van der Waals surface area contributed by atoms with E-state index in [9.17, 15) is 0 Å². The van der Waals surface area contributed by atoms with Crippen molar-refractivity contribution in [1.29, 1.82) is 0 Å². The fourth-order valence-electron chi connectivity index (χ4n) is 0.889. The minimum atomic E-state index is 0.847. The lowest BCUT2D eigenvalue weighted by atomic mass is 10.4. The molecule has 78 valence electrons. The maximum atomic E-state index is 4.87. The second-order valence-electron chi connectivity index (χ2n) is 2.68. The highest BCUT2D eigenvalue weighted by Gasteiger charge is 1.81. The van der Waals surface area contributed by atoms with Gasteiger partial charge in [-0.1, -0.05) is 18.2 Å². The van der Waals surface area contributed by atoms with Crippen molar-refractivity contribution < 1.29 is 4.74 Å². The van der Waals surface area contributed by atoms with Crippen molar-refractivity contribution in [3.05, 3.63) is 58.4 Å². The van der Waals surface area contributed by atoms with Crippen molar-refractivity contribution in [2.75, 3.05) is 7.11 Å². The van der Waals surface area contributed by atoms with Gasteiger partial charge in [-0.05, 0) is 46.9 Å². The molecule has 0 fully saturated rings. The molecule has 0 spiro atoms. The summed E-state index contributed by atoms with van der Waals surface area (Å²) in [6, 6.07) is 13.8. The highest BCUT2D eigenvalue weighted by molar-refractivity contribution is 14.1. The summed E-state index contributed by atoms with van der Waals surface area (Å²) < 4.78 is 6.17. The molecule has 0 N–H and O–H groups in total. The molecule has 0 saturated carbocycles. The summed E-state index contributed by atoms with van der Waals surface area (Å²) >= 11 is 2.28. The van der Waals surface area contributed by atoms with Crippen molar-refractivity contribution in [1.82, 2.24) is 4.98 Å². The lowest BCUT2D eigenvalue weighted by molar-refractivity contribution is 0.414. The molecule has 0 aliphatic carbocycles. The smallest absolute Gasteiger partial charge is 0.121 e. The van der Waals surface area contributed by atoms with E-state index in [1.165, 1.54) is 3.57 Å². The van der Waals surface area contributed by atoms with Gasteiger partial charge in [-0.25, -0.2) is 0 Å². The van der Waals surface area contributed by atoms with Crippen molar-refractivity contribution in [2.45, 2.75) is 0 Å². The molecule has 1 aromatic heterocycles. The first kappa shape index (κ1) is 12.0. The molecule has 0 atom stereocenters. The summed E-state index contributed by atoms with van der Waals surface area (Å²) in [6.07, 6.45) is 3.39. The minimum Gasteiger partial charge on any atom is -0.497 e. The van der Waals surface area contributed by atoms with Crippen LogP contribution in [0.4, 0.5) is 0 Å². The topological polar surface area (TPSA) is 22.1 Å². The van der Waals surface area contributed by atoms with E-state index < -0.39 is 0 Å². The van der Waals surface area contributed by atoms with Gasteiger partial charge in [0, 0.05) is 16.0 Å². The molecule has 3 heteroatoms. The first-order valence-electron chi connectivity index (χ1n) is 4.47. The van der Waals surface area contributed by atoms with Gasteiger partial charge in [0.2, 0.25) is 0 Å². The Labute approximate surface area is 103 Å². The quantitative estimate of drug-likeness (QED) is 0.753. The van der Waals surface area contributed by atoms with E-state index in [1.54, 1.807) is 31.6 Å². The number of ether oxygens (including phenoxy) is 1. The second-order valence-corrected chi connectivity index (χ2v) is 3.93. The molecule has 2 rings (SSSR count). The zero-order valence-electron chi connectivity index (χ0n) is 8.43. The van der Waals surface area contributed by atoms with Gasteiger partial charge >= 0.3 is 0 Å². The average molecular weight is 313 g/mol. The Morgan fingerprint density at radius 3 is 1.93 bits per heavy atom. The lowest BCUT2D eigenvalue weighted by Gasteiger charge is -1.93. The monoisotopic (exact) mass is 313 g/mol. The van der Waals surface area contributed by atoms with Crippen LogP contribution in [0, 0.1) is 3.57 Å². The number of methoxy groups -OCH3 is 1. The fourth-order valence-corrected chi connectivity index (χ4v) is 1.30. The van der Waals surface area contributed by atoms with Crippen molar-refractivity contribution in [2.24, 2.45) is 0 Å². The zero-order chi connectivity index (χ0) is 10.9. The Bertz CT molecular complexity index is 364. The fraction of sp³-hybridized carbons (Fsp3) is 0.0833. The third-order valence-electron chi connectivity index (χ3n) is 1.62. The molecule has 1 heterocycles. The van der Waals surface area contributed by atoms with Gasteiger partial charge in [0.25, 0.3) is 0 Å². The van der Waals surface area contributed by atoms with Crippen molar-refractivity contribution in [3.8, 4) is 5.75 Å². The Morgan fingerprint density at radius 1 is 1.00 bits per heavy atom. The van der Waals surface area contributed by atoms with Crippen molar-refractivity contribution >= 4 is 22.6 Å². The highest BCUT2D eigenvalue weighted by Crippen LogP contribution is 2.03. The summed E-state index contributed by atoms with van der Waals surface area (Å²) in [7, 11) is 1.63. The summed E-state index contributed by atoms with van der Waals surface area (Å²) in [5, 5.41) is 0. The third kappa shape index (κ3) is 5.37. The van der Waals surface area contributed by atoms with Crippen LogP contribution in [-0.2, 0) is 0 Å². The average Bonchev–Trinajstić information content (AvgIpc) is 2.32. The second kappa shape index (κ2) is 7.23. The van der Waals surface area contributed by atoms with Gasteiger partial charge in [0.1, 0.15) is 5.75 Å². The van der Waals surface area contributed by atoms with Crippen LogP contribution >= 0.6 is 22.6 Å². The Morgan fingerprint density at radius 2 is 1.60 bits per heavy atom. The normalized spacial score (nSPS) is 8.67. The predicted octanol–water partition coefficient (Wildman–Crippen LogP) is 3.38. The molecule has 0 saturated heterocycles. The van der Waals surface area contributed by atoms with Crippen LogP contribution in [0.15, 0.2) is 54.9 Å². The van der Waals surface area contributed by atoms with E-state index >= 15 is 0 Å². The number of hydrogen-bond donors (Lipinski definition) is 0. The van der Waals surface area contributed by atoms with Gasteiger partial charge in [0.05, 0.1) is 7.11 Å². The number of nitrogens with zero attached hydrogens (tertiary/aromatic N) is 1. The van der Waals surface area contributed by atoms with Crippen LogP contribution in [0.25, 0.3) is 0 Å². The SMILES string of the molecule is COc1ccncc1.Ic1ccccc1. The third-order valence-corrected chi connectivity index (χ3v) is 2.34. The predicted molar refractivity (Wildman–Crippen MR) is 69.9 cm³/mol. The summed E-state index contributed by atoms with van der Waals surface area (Å²) in [5.41, 5.74) is 0. The van der Waals surface area contributed by atoms with Gasteiger partial charge in [-0.15, -0.1) is 0 Å². The summed E-state index contributed by atoms with van der Waals surface area (Å²) in [6.45, 7) is 0. The van der Waals surface area contributed by atoms with Crippen LogP contribution in [0.5, 0.6) is 5.75 Å². The van der Waals surface area contributed by atoms with Crippen LogP contribution in [0.2, 0.25) is 0 Å². The van der Waals surface area contributed by atoms with E-state index in [-0.39, 0.29) is 0 Å². The molecule has 2 aromatic rings. The minimum absolute atomic E-state index is 0.847. The van der Waals surface area contributed by atoms with Gasteiger partial charge in [-0.2, -0.15) is 0 Å². The molecule has 1 aromatic carbocycles. The van der Waals surface area contributed by atoms with E-state index in [0.717, 1.165) is 5.75 Å². The largest absolute Gasteiger partial charge is 0.497 e. The van der Waals surface area contributed by atoms with E-state index in [1.807, 2.05) is 18.2 Å². The molecule has 15 heavy (non-hydrogen) atoms. The number of rotatable bonds is 1. The first-order valence-corrected chi connectivity index (χ1v) is 5.55. The van der Waals surface area contributed by atoms with E-state index in [0.29, 0.717) is 0 Å². The molecule has 0 bridgehead atoms. The maximum Gasteiger partial charge on any atom is 0.121 e. The van der Waals surface area contributed by atoms with Crippen LogP contribution in [0.3, 0.4) is 0 Å². The number of halogens is 1. The molecule has 0 aliphatic rings. The zero-order valence-corrected chi connectivity index (χ0v) is 10.6. The van der Waals surface area contributed by atoms with Gasteiger partial charge < -0.3 is 4.74 Å². The maximum absolute atomic E-state index is 4.87. The highest BCUT2D eigenvalue weighted by atomic mass is 127. The number of pyridine rings is 1. The van der Waals surface area contributed by atoms with Crippen LogP contribution in [-0.4, -0.2) is 12.1 Å². The molecule has 0 unspecified atom stereocenters. The van der Waals surface area contributed by atoms with Crippen LogP contribution in [0.1, 0.15) is 0 Å². The van der Waals surface area contributed by atoms with E-state index in [4.69, 9.17) is 4.74 Å². The molecule has 0 radical (unpaired) electrons. The molecule has 2 nitrogen and oxygen atoms in total. The number of benzene rings is 1. The lowest BCUT2D eigenvalue weighted by Crippen LogP contribution is -1.80. The standard InChI is InChI=1S/C6H5I.C6H7NO/c7-6-4-2-1-3-5-6;1-8-6-2-4-7-5-3-6/h1-5H;2-5H,1H3. The number of hydrogen-bond acceptors (Lipinski definition) is 2. The number of aromatic nitrogens is 1. The van der Waals surface area contributed by atoms with Gasteiger partial charge in [0.15, 0.2) is 0 Å². The van der Waals surface area contributed by atoms with Crippen LogP contribution < -0.4 is 4.74 Å². The van der Waals surface area contributed by atoms with E-state index in [2.05, 4.69) is 39.7 Å². The van der Waals surface area contributed by atoms with Gasteiger partial charge in [-0.3, -0.25) is 4.98 Å². The molecule has 0 amide bonds. The molecule has 0 aliphatic heterocycles. The Balaban J connectivity index is 0.000000151. The summed E-state index contributed by atoms with van der Waals surface area (Å²) in [5.74, 6) is 0.847. The summed E-state index contributed by atoms with van der Waals surface area (Å²) in [4.78, 5) is 3.81. The molecular weight excluding hydrogens is 301 g/mol. The first-order chi connectivity index (χ1) is 7.33. The molecular formula is C12H12INO. The Kier molecular flexibility index (Phi) is 5.77. The van der Waals surface area contributed by atoms with Crippen molar-refractivity contribution in [3.63, 3.8) is 0 Å².